The zero-order valence-electron chi connectivity index (χ0n) is 10.6. The van der Waals surface area contributed by atoms with Crippen LogP contribution in [0.5, 0.6) is 5.75 Å². The molecule has 100 valence electrons. The van der Waals surface area contributed by atoms with Gasteiger partial charge in [-0.05, 0) is 29.3 Å². The molecule has 0 N–H and O–H groups in total. The van der Waals surface area contributed by atoms with Crippen molar-refractivity contribution in [2.75, 3.05) is 6.61 Å². The fourth-order valence-corrected chi connectivity index (χ4v) is 2.59. The highest BCUT2D eigenvalue weighted by molar-refractivity contribution is 6.29. The summed E-state index contributed by atoms with van der Waals surface area (Å²) in [5, 5.41) is 12.9. The first-order valence-electron chi connectivity index (χ1n) is 6.41. The van der Waals surface area contributed by atoms with Crippen LogP contribution in [0.15, 0.2) is 30.3 Å². The predicted molar refractivity (Wildman–Crippen MR) is 74.2 cm³/mol. The summed E-state index contributed by atoms with van der Waals surface area (Å²) >= 11 is 5.92. The van der Waals surface area contributed by atoms with Gasteiger partial charge in [-0.15, -0.1) is 10.2 Å². The molecular weight excluding hydrogens is 276 g/mol. The molecular formula is C14H11ClN4O. The second kappa shape index (κ2) is 4.45. The summed E-state index contributed by atoms with van der Waals surface area (Å²) in [7, 11) is 0. The molecule has 4 rings (SSSR count). The van der Waals surface area contributed by atoms with Crippen LogP contribution in [0.1, 0.15) is 17.0 Å². The first kappa shape index (κ1) is 11.7. The van der Waals surface area contributed by atoms with Gasteiger partial charge in [-0.2, -0.15) is 9.61 Å². The molecule has 0 saturated heterocycles. The molecule has 0 amide bonds. The summed E-state index contributed by atoms with van der Waals surface area (Å²) in [6, 6.07) is 9.75. The topological polar surface area (TPSA) is 52.3 Å². The van der Waals surface area contributed by atoms with E-state index in [0.29, 0.717) is 17.2 Å². The van der Waals surface area contributed by atoms with Crippen molar-refractivity contribution in [1.29, 1.82) is 0 Å². The first-order chi connectivity index (χ1) is 9.79. The van der Waals surface area contributed by atoms with E-state index >= 15 is 0 Å². The van der Waals surface area contributed by atoms with Crippen LogP contribution in [0.3, 0.4) is 0 Å². The molecule has 3 aromatic rings. The first-order valence-corrected chi connectivity index (χ1v) is 6.79. The highest BCUT2D eigenvalue weighted by atomic mass is 35.5. The van der Waals surface area contributed by atoms with Crippen molar-refractivity contribution in [3.8, 4) is 5.75 Å². The van der Waals surface area contributed by atoms with E-state index in [-0.39, 0.29) is 0 Å². The van der Waals surface area contributed by atoms with E-state index in [9.17, 15) is 0 Å². The molecule has 6 heteroatoms. The smallest absolute Gasteiger partial charge is 0.178 e. The SMILES string of the molecule is Clc1ccc2nnc(Cc3ccc4c(c3)CCO4)n2n1. The van der Waals surface area contributed by atoms with E-state index in [1.54, 1.807) is 10.6 Å². The lowest BCUT2D eigenvalue weighted by molar-refractivity contribution is 0.357. The van der Waals surface area contributed by atoms with E-state index < -0.39 is 0 Å². The second-order valence-electron chi connectivity index (χ2n) is 4.76. The number of rotatable bonds is 2. The Kier molecular flexibility index (Phi) is 2.60. The maximum absolute atomic E-state index is 5.92. The van der Waals surface area contributed by atoms with E-state index in [2.05, 4.69) is 27.4 Å². The third kappa shape index (κ3) is 1.91. The molecule has 1 aromatic carbocycles. The van der Waals surface area contributed by atoms with Crippen molar-refractivity contribution in [1.82, 2.24) is 19.8 Å². The Bertz CT molecular complexity index is 799. The van der Waals surface area contributed by atoms with Crippen molar-refractivity contribution in [2.45, 2.75) is 12.8 Å². The molecule has 0 unspecified atom stereocenters. The number of hydrogen-bond donors (Lipinski definition) is 0. The Hall–Kier alpha value is -2.14. The Morgan fingerprint density at radius 1 is 1.20 bits per heavy atom. The zero-order chi connectivity index (χ0) is 13.5. The maximum Gasteiger partial charge on any atom is 0.178 e. The molecule has 2 aromatic heterocycles. The monoisotopic (exact) mass is 286 g/mol. The predicted octanol–water partition coefficient (Wildman–Crippen LogP) is 2.30. The van der Waals surface area contributed by atoms with Gasteiger partial charge in [0.1, 0.15) is 10.9 Å². The van der Waals surface area contributed by atoms with Crippen LogP contribution in [-0.2, 0) is 12.8 Å². The number of halogens is 1. The minimum Gasteiger partial charge on any atom is -0.493 e. The number of nitrogens with zero attached hydrogens (tertiary/aromatic N) is 4. The van der Waals surface area contributed by atoms with Gasteiger partial charge in [0, 0.05) is 12.8 Å². The highest BCUT2D eigenvalue weighted by Crippen LogP contribution is 2.26. The second-order valence-corrected chi connectivity index (χ2v) is 5.15. The Labute approximate surface area is 120 Å². The third-order valence-corrected chi connectivity index (χ3v) is 3.61. The number of benzene rings is 1. The molecule has 20 heavy (non-hydrogen) atoms. The number of fused-ring (bicyclic) bond motifs is 2. The maximum atomic E-state index is 5.92. The summed E-state index contributed by atoms with van der Waals surface area (Å²) in [5.74, 6) is 1.77. The summed E-state index contributed by atoms with van der Waals surface area (Å²) in [5.41, 5.74) is 3.13. The van der Waals surface area contributed by atoms with Gasteiger partial charge in [-0.3, -0.25) is 0 Å². The van der Waals surface area contributed by atoms with Crippen molar-refractivity contribution in [3.05, 3.63) is 52.4 Å². The average molecular weight is 287 g/mol. The summed E-state index contributed by atoms with van der Waals surface area (Å²) in [6.45, 7) is 0.768. The van der Waals surface area contributed by atoms with Gasteiger partial charge in [-0.1, -0.05) is 23.7 Å². The highest BCUT2D eigenvalue weighted by Gasteiger charge is 2.14. The Morgan fingerprint density at radius 2 is 2.15 bits per heavy atom. The van der Waals surface area contributed by atoms with Gasteiger partial charge < -0.3 is 4.74 Å². The lowest BCUT2D eigenvalue weighted by Gasteiger charge is -2.03. The number of hydrogen-bond acceptors (Lipinski definition) is 4. The lowest BCUT2D eigenvalue weighted by Crippen LogP contribution is -2.00. The van der Waals surface area contributed by atoms with E-state index in [0.717, 1.165) is 24.6 Å². The van der Waals surface area contributed by atoms with Crippen LogP contribution in [0, 0.1) is 0 Å². The summed E-state index contributed by atoms with van der Waals surface area (Å²) < 4.78 is 7.20. The molecule has 0 aliphatic carbocycles. The van der Waals surface area contributed by atoms with Gasteiger partial charge in [-0.25, -0.2) is 0 Å². The molecule has 5 nitrogen and oxygen atoms in total. The van der Waals surface area contributed by atoms with Crippen LogP contribution in [0.2, 0.25) is 5.15 Å². The van der Waals surface area contributed by atoms with Gasteiger partial charge in [0.05, 0.1) is 6.61 Å². The molecule has 0 spiro atoms. The van der Waals surface area contributed by atoms with Crippen molar-refractivity contribution in [2.24, 2.45) is 0 Å². The molecule has 3 heterocycles. The van der Waals surface area contributed by atoms with Crippen molar-refractivity contribution in [3.63, 3.8) is 0 Å². The number of ether oxygens (including phenoxy) is 1. The minimum atomic E-state index is 0.431. The van der Waals surface area contributed by atoms with Crippen LogP contribution in [0.25, 0.3) is 5.65 Å². The quantitative estimate of drug-likeness (QED) is 0.725. The molecule has 1 aliphatic heterocycles. The molecule has 0 saturated carbocycles. The Balaban J connectivity index is 1.72. The fraction of sp³-hybridized carbons (Fsp3) is 0.214. The normalized spacial score (nSPS) is 13.4. The van der Waals surface area contributed by atoms with Crippen LogP contribution in [-0.4, -0.2) is 26.4 Å². The number of aromatic nitrogens is 4. The fourth-order valence-electron chi connectivity index (χ4n) is 2.45. The molecule has 0 bridgehead atoms. The minimum absolute atomic E-state index is 0.431. The van der Waals surface area contributed by atoms with Gasteiger partial charge in [0.2, 0.25) is 0 Å². The van der Waals surface area contributed by atoms with E-state index in [1.165, 1.54) is 11.1 Å². The van der Waals surface area contributed by atoms with Gasteiger partial charge in [0.25, 0.3) is 0 Å². The van der Waals surface area contributed by atoms with Gasteiger partial charge in [0.15, 0.2) is 11.5 Å². The van der Waals surface area contributed by atoms with Crippen LogP contribution < -0.4 is 4.74 Å². The largest absolute Gasteiger partial charge is 0.493 e. The van der Waals surface area contributed by atoms with Crippen LogP contribution in [0.4, 0.5) is 0 Å². The van der Waals surface area contributed by atoms with Crippen molar-refractivity contribution < 1.29 is 4.74 Å². The standard InChI is InChI=1S/C14H11ClN4O/c15-12-3-4-13-16-17-14(19(13)18-12)8-9-1-2-11-10(7-9)5-6-20-11/h1-4,7H,5-6,8H2. The lowest BCUT2D eigenvalue weighted by atomic mass is 10.1. The molecule has 1 aliphatic rings. The third-order valence-electron chi connectivity index (χ3n) is 3.41. The zero-order valence-corrected chi connectivity index (χ0v) is 11.3. The summed E-state index contributed by atoms with van der Waals surface area (Å²) in [6.07, 6.45) is 1.63. The Morgan fingerprint density at radius 3 is 3.10 bits per heavy atom. The van der Waals surface area contributed by atoms with E-state index in [4.69, 9.17) is 16.3 Å². The molecule has 0 atom stereocenters. The average Bonchev–Trinajstić information content (AvgIpc) is 3.05. The summed E-state index contributed by atoms with van der Waals surface area (Å²) in [4.78, 5) is 0. The van der Waals surface area contributed by atoms with Gasteiger partial charge >= 0.3 is 0 Å². The van der Waals surface area contributed by atoms with Crippen LogP contribution >= 0.6 is 11.6 Å². The molecule has 0 radical (unpaired) electrons. The van der Waals surface area contributed by atoms with Crippen molar-refractivity contribution >= 4 is 17.2 Å². The van der Waals surface area contributed by atoms with E-state index in [1.807, 2.05) is 12.1 Å². The molecule has 0 fully saturated rings.